The van der Waals surface area contributed by atoms with Crippen LogP contribution in [0.4, 0.5) is 30.9 Å². The molecular weight excluding hydrogens is 1650 g/mol. The molecule has 4 aromatic carbocycles. The molecule has 4 saturated carbocycles. The molecule has 21 rings (SSSR count). The number of nitrogens with two attached hydrogens (primary N) is 3. The molecule has 0 radical (unpaired) electrons. The van der Waals surface area contributed by atoms with Crippen LogP contribution in [0.1, 0.15) is 136 Å². The molecule has 0 aliphatic heterocycles. The normalized spacial score (nSPS) is 15.0. The second-order valence-corrected chi connectivity index (χ2v) is 32.9. The maximum Gasteiger partial charge on any atom is 0.405 e. The van der Waals surface area contributed by atoms with Gasteiger partial charge in [0.25, 0.3) is 23.6 Å². The standard InChI is InChI=1S/C25H28N8O2.C23H21F3N8O2.C22H19N7O.C20H19N7O/c1-16(2)32(3)21(34)15-33-14-19(13-29-33)22-30-23(31-35-22)25(9-4-10-25)20-7-5-17(6-8-20)18-11-27-24(26)28-12-18;24-23(25,26)13-30-18(35)12-34-11-16(10-31-34)19-32-20(33-36-19)22(6-1-7-22)17-4-2-14(3-5-17)15-8-28-21(27)29-9-15;1-29-13-15(11-25-29)20-27-21(28-30-20)22(8-2-9-22)16-5-3-14(4-6-16)18-12-24-19-17(26-18)7-10-23-19;1-27-11-16(24-12-27)18-25-19(26-28-18)20(7-2-8-20)14-5-3-13(4-6-14)15-9-23-17(21)10-22-15/h5-8,11-14,16H,4,9-10,15H2,1-3H3,(H2,26,27,28);2-5,8-11H,1,6-7,12-13H2,(H,30,35)(H2,27,28,29);3-7,10-13H,2,8-9H2,1H3,(H,23,24);3-6,9-12H,2,7-8H2,1H3,(H2,21,23). The molecule has 654 valence electrons. The molecule has 36 nitrogen and oxygen atoms in total. The van der Waals surface area contributed by atoms with Crippen LogP contribution in [0.15, 0.2) is 221 Å². The number of nitrogens with one attached hydrogen (secondary N) is 2. The summed E-state index contributed by atoms with van der Waals surface area (Å²) in [5.41, 5.74) is 32.0. The average Bonchev–Trinajstić information content (AvgIpc) is 1.74. The number of alkyl halides is 3. The van der Waals surface area contributed by atoms with Crippen LogP contribution in [-0.4, -0.2) is 167 Å². The smallest absolute Gasteiger partial charge is 0.382 e. The van der Waals surface area contributed by atoms with Crippen molar-refractivity contribution in [1.29, 1.82) is 0 Å². The lowest BCUT2D eigenvalue weighted by molar-refractivity contribution is -0.138. The van der Waals surface area contributed by atoms with Gasteiger partial charge >= 0.3 is 6.18 Å². The van der Waals surface area contributed by atoms with Gasteiger partial charge < -0.3 is 55.1 Å². The number of likely N-dealkylation sites (N-methyl/N-ethyl adjacent to an activating group) is 1. The van der Waals surface area contributed by atoms with E-state index in [1.165, 1.54) is 28.2 Å². The van der Waals surface area contributed by atoms with Crippen molar-refractivity contribution in [3.8, 4) is 90.7 Å². The summed E-state index contributed by atoms with van der Waals surface area (Å²) in [6.45, 7) is 2.34. The highest BCUT2D eigenvalue weighted by Crippen LogP contribution is 2.53. The molecule has 2 amide bonds. The Bertz CT molecular complexity index is 6750. The molecule has 0 atom stereocenters. The number of aromatic nitrogens is 25. The first-order chi connectivity index (χ1) is 62.4. The quantitative estimate of drug-likeness (QED) is 0.0421. The van der Waals surface area contributed by atoms with Gasteiger partial charge in [-0.2, -0.15) is 48.4 Å². The number of amides is 2. The van der Waals surface area contributed by atoms with E-state index in [0.717, 1.165) is 161 Å². The fraction of sp³-hybridized carbons (Fsp3) is 0.289. The van der Waals surface area contributed by atoms with Crippen molar-refractivity contribution in [2.45, 2.75) is 138 Å². The third kappa shape index (κ3) is 17.5. The Morgan fingerprint density at radius 1 is 0.450 bits per heavy atom. The molecule has 39 heteroatoms. The number of aromatic amines is 1. The van der Waals surface area contributed by atoms with E-state index in [-0.39, 0.29) is 64.5 Å². The first-order valence-corrected chi connectivity index (χ1v) is 41.9. The highest BCUT2D eigenvalue weighted by Gasteiger charge is 2.48. The van der Waals surface area contributed by atoms with Gasteiger partial charge in [-0.3, -0.25) is 28.6 Å². The number of aryl methyl sites for hydroxylation is 2. The van der Waals surface area contributed by atoms with Gasteiger partial charge in [0.1, 0.15) is 36.7 Å². The molecule has 13 heterocycles. The van der Waals surface area contributed by atoms with Crippen molar-refractivity contribution in [1.82, 2.24) is 135 Å². The van der Waals surface area contributed by atoms with Crippen LogP contribution >= 0.6 is 0 Å². The number of imidazole rings is 1. The van der Waals surface area contributed by atoms with Gasteiger partial charge in [-0.05, 0) is 105 Å². The van der Waals surface area contributed by atoms with Crippen molar-refractivity contribution in [3.05, 3.63) is 248 Å². The summed E-state index contributed by atoms with van der Waals surface area (Å²) in [7, 11) is 5.57. The number of carbonyl (C=O) groups is 2. The summed E-state index contributed by atoms with van der Waals surface area (Å²) >= 11 is 0. The molecule has 0 bridgehead atoms. The van der Waals surface area contributed by atoms with Gasteiger partial charge in [0, 0.05) is 105 Å². The Labute approximate surface area is 733 Å². The number of halogens is 3. The number of rotatable bonds is 22. The molecule has 4 aliphatic carbocycles. The minimum Gasteiger partial charge on any atom is -0.382 e. The van der Waals surface area contributed by atoms with E-state index in [0.29, 0.717) is 52.0 Å². The van der Waals surface area contributed by atoms with E-state index in [1.54, 1.807) is 94.9 Å². The SMILES string of the molecule is CC(C)N(C)C(=O)Cn1cc(-c2nc(C3(c4ccc(-c5cnc(N)nc5)cc4)CCC3)no2)cn1.Cn1cc(-c2nc(C3(c4ccc(-c5cnc6[nH]ccc6n5)cc4)CCC3)no2)cn1.Cn1cnc(-c2nc(C3(c4ccc(-c5cnc(N)cn5)cc4)CCC3)no2)c1.Nc1ncc(-c2ccc(C3(c4noc(-c5cnn(CC(=O)NCC(F)(F)F)c5)n4)CCC3)cc2)cn1. The maximum absolute atomic E-state index is 12.4. The van der Waals surface area contributed by atoms with Crippen molar-refractivity contribution < 1.29 is 40.9 Å². The second-order valence-electron chi connectivity index (χ2n) is 32.9. The maximum atomic E-state index is 12.4. The Balaban J connectivity index is 0.000000116. The number of H-pyrrole nitrogens is 1. The van der Waals surface area contributed by atoms with Crippen LogP contribution in [0.3, 0.4) is 0 Å². The largest absolute Gasteiger partial charge is 0.405 e. The minimum atomic E-state index is -4.48. The summed E-state index contributed by atoms with van der Waals surface area (Å²) < 4.78 is 65.4. The Morgan fingerprint density at radius 3 is 1.27 bits per heavy atom. The van der Waals surface area contributed by atoms with Gasteiger partial charge in [-0.1, -0.05) is 143 Å². The summed E-state index contributed by atoms with van der Waals surface area (Å²) in [6.07, 6.45) is 34.7. The predicted octanol–water partition coefficient (Wildman–Crippen LogP) is 13.3. The number of nitrogen functional groups attached to an aromatic ring is 3. The Morgan fingerprint density at radius 2 is 0.868 bits per heavy atom. The summed E-state index contributed by atoms with van der Waals surface area (Å²) in [4.78, 5) is 85.7. The highest BCUT2D eigenvalue weighted by atomic mass is 19.4. The van der Waals surface area contributed by atoms with Gasteiger partial charge in [0.15, 0.2) is 28.9 Å². The molecule has 129 heavy (non-hydrogen) atoms. The Hall–Kier alpha value is -15.7. The van der Waals surface area contributed by atoms with Gasteiger partial charge in [0.2, 0.25) is 23.7 Å². The third-order valence-electron chi connectivity index (χ3n) is 24.4. The third-order valence-corrected chi connectivity index (χ3v) is 24.4. The zero-order valence-electron chi connectivity index (χ0n) is 70.7. The van der Waals surface area contributed by atoms with Crippen LogP contribution < -0.4 is 22.5 Å². The molecule has 17 aromatic rings. The van der Waals surface area contributed by atoms with Crippen LogP contribution in [0.2, 0.25) is 0 Å². The fourth-order valence-electron chi connectivity index (χ4n) is 16.2. The van der Waals surface area contributed by atoms with Crippen LogP contribution in [0.5, 0.6) is 0 Å². The van der Waals surface area contributed by atoms with E-state index in [4.69, 9.17) is 45.3 Å². The first-order valence-electron chi connectivity index (χ1n) is 41.9. The van der Waals surface area contributed by atoms with Gasteiger partial charge in [-0.15, -0.1) is 0 Å². The van der Waals surface area contributed by atoms with Crippen molar-refractivity contribution in [2.24, 2.45) is 14.1 Å². The molecule has 13 aromatic heterocycles. The summed E-state index contributed by atoms with van der Waals surface area (Å²) in [6, 6.07) is 35.2. The number of hydrogen-bond donors (Lipinski definition) is 5. The predicted molar refractivity (Wildman–Crippen MR) is 464 cm³/mol. The number of hydrogen-bond acceptors (Lipinski definition) is 29. The van der Waals surface area contributed by atoms with Crippen LogP contribution in [0, 0.1) is 0 Å². The molecule has 4 fully saturated rings. The van der Waals surface area contributed by atoms with E-state index < -0.39 is 18.6 Å². The number of nitrogens with zero attached hydrogens (tertiary/aromatic N) is 25. The van der Waals surface area contributed by atoms with Crippen molar-refractivity contribution in [3.63, 3.8) is 0 Å². The van der Waals surface area contributed by atoms with Crippen LogP contribution in [-0.2, 0) is 58.4 Å². The lowest BCUT2D eigenvalue weighted by atomic mass is 9.64. The van der Waals surface area contributed by atoms with E-state index in [1.807, 2.05) is 81.4 Å². The lowest BCUT2D eigenvalue weighted by Crippen LogP contribution is -2.36. The highest BCUT2D eigenvalue weighted by molar-refractivity contribution is 5.77. The zero-order valence-corrected chi connectivity index (χ0v) is 70.7. The van der Waals surface area contributed by atoms with E-state index in [2.05, 4.69) is 169 Å². The van der Waals surface area contributed by atoms with Crippen LogP contribution in [0.25, 0.3) is 102 Å². The summed E-state index contributed by atoms with van der Waals surface area (Å²) in [5, 5.41) is 31.5. The van der Waals surface area contributed by atoms with Crippen molar-refractivity contribution in [2.75, 3.05) is 30.8 Å². The minimum absolute atomic E-state index is 0.0109. The average molecular weight is 1740 g/mol. The lowest BCUT2D eigenvalue weighted by Gasteiger charge is -2.39. The van der Waals surface area contributed by atoms with E-state index >= 15 is 0 Å². The van der Waals surface area contributed by atoms with Gasteiger partial charge in [0.05, 0.1) is 93.2 Å². The molecular formula is C90H87F3N30O6. The number of fused-ring (bicyclic) bond motifs is 1. The fourth-order valence-corrected chi connectivity index (χ4v) is 16.2. The number of benzene rings is 4. The monoisotopic (exact) mass is 1740 g/mol. The molecule has 0 saturated heterocycles. The van der Waals surface area contributed by atoms with E-state index in [9.17, 15) is 22.8 Å². The second kappa shape index (κ2) is 35.0. The first kappa shape index (κ1) is 84.1. The van der Waals surface area contributed by atoms with Crippen molar-refractivity contribution >= 4 is 40.7 Å². The molecule has 0 spiro atoms. The Kier molecular flexibility index (Phi) is 22.8. The molecule has 0 unspecified atom stereocenters. The number of carbonyl (C=O) groups excluding carboxylic acids is 2. The molecule has 8 N–H and O–H groups in total. The summed E-state index contributed by atoms with van der Waals surface area (Å²) in [5.74, 6) is 4.33. The molecule has 4 aliphatic rings. The van der Waals surface area contributed by atoms with Gasteiger partial charge in [-0.25, -0.2) is 39.9 Å². The number of anilines is 3. The zero-order chi connectivity index (χ0) is 89.2. The topological polar surface area (TPSA) is 473 Å².